The van der Waals surface area contributed by atoms with Gasteiger partial charge in [-0.25, -0.2) is 18.8 Å². The van der Waals surface area contributed by atoms with Gasteiger partial charge in [0.1, 0.15) is 23.1 Å². The van der Waals surface area contributed by atoms with Gasteiger partial charge in [0.25, 0.3) is 0 Å². The van der Waals surface area contributed by atoms with Crippen LogP contribution in [0.25, 0.3) is 0 Å². The van der Waals surface area contributed by atoms with E-state index >= 15 is 0 Å². The number of methoxy groups -OCH3 is 1. The van der Waals surface area contributed by atoms with Crippen LogP contribution < -0.4 is 5.32 Å². The Balaban J connectivity index is 2.58. The van der Waals surface area contributed by atoms with Crippen molar-refractivity contribution in [1.29, 1.82) is 0 Å². The number of hydrogen-bond donors (Lipinski definition) is 1. The fraction of sp³-hybridized carbons (Fsp3) is 0.414. The van der Waals surface area contributed by atoms with E-state index in [9.17, 15) is 18.8 Å². The van der Waals surface area contributed by atoms with E-state index in [4.69, 9.17) is 20.6 Å². The Hall–Kier alpha value is -4.06. The minimum absolute atomic E-state index is 0.156. The van der Waals surface area contributed by atoms with Crippen molar-refractivity contribution in [2.24, 2.45) is 0 Å². The molecule has 0 saturated carbocycles. The van der Waals surface area contributed by atoms with Crippen LogP contribution in [0, 0.1) is 18.2 Å². The van der Waals surface area contributed by atoms with Gasteiger partial charge in [0.05, 0.1) is 13.2 Å². The van der Waals surface area contributed by atoms with Gasteiger partial charge in [-0.2, -0.15) is 4.90 Å². The van der Waals surface area contributed by atoms with Crippen LogP contribution in [-0.4, -0.2) is 47.4 Å². The largest absolute Gasteiger partial charge is 0.467 e. The summed E-state index contributed by atoms with van der Waals surface area (Å²) in [4.78, 5) is 40.2. The van der Waals surface area contributed by atoms with E-state index in [1.165, 1.54) is 24.3 Å². The van der Waals surface area contributed by atoms with E-state index in [0.717, 1.165) is 7.11 Å². The third kappa shape index (κ3) is 9.11. The molecule has 2 aromatic carbocycles. The SMILES string of the molecule is C#Cc1cccc(N[C@@H](C[C@@H](C(=O)OC)N(C(=O)OC(C)(C)C)C(=O)OC(C)(C)C)c2ccc(F)cc2)c1. The minimum atomic E-state index is -1.46. The molecule has 204 valence electrons. The van der Waals surface area contributed by atoms with Gasteiger partial charge in [0.15, 0.2) is 0 Å². The molecule has 8 nitrogen and oxygen atoms in total. The fourth-order valence-corrected chi connectivity index (χ4v) is 3.49. The molecule has 0 aromatic heterocycles. The summed E-state index contributed by atoms with van der Waals surface area (Å²) in [5, 5.41) is 3.27. The predicted octanol–water partition coefficient (Wildman–Crippen LogP) is 6.06. The van der Waals surface area contributed by atoms with Gasteiger partial charge in [-0.15, -0.1) is 6.42 Å². The Bertz CT molecular complexity index is 1150. The first kappa shape index (κ1) is 30.2. The molecule has 2 amide bonds. The van der Waals surface area contributed by atoms with Gasteiger partial charge in [0, 0.05) is 17.7 Å². The number of ether oxygens (including phenoxy) is 3. The molecule has 0 radical (unpaired) electrons. The summed E-state index contributed by atoms with van der Waals surface area (Å²) in [7, 11) is 1.15. The third-order valence-electron chi connectivity index (χ3n) is 5.07. The summed E-state index contributed by atoms with van der Waals surface area (Å²) in [6.07, 6.45) is 3.23. The summed E-state index contributed by atoms with van der Waals surface area (Å²) in [5.74, 6) is 1.24. The number of nitrogens with one attached hydrogen (secondary N) is 1. The highest BCUT2D eigenvalue weighted by Crippen LogP contribution is 2.29. The quantitative estimate of drug-likeness (QED) is 0.266. The van der Waals surface area contributed by atoms with Crippen molar-refractivity contribution in [2.45, 2.75) is 71.2 Å². The van der Waals surface area contributed by atoms with Crippen LogP contribution in [0.5, 0.6) is 0 Å². The van der Waals surface area contributed by atoms with Gasteiger partial charge in [0.2, 0.25) is 0 Å². The van der Waals surface area contributed by atoms with Crippen molar-refractivity contribution in [3.05, 3.63) is 65.5 Å². The molecular weight excluding hydrogens is 491 g/mol. The van der Waals surface area contributed by atoms with Crippen LogP contribution in [-0.2, 0) is 19.0 Å². The van der Waals surface area contributed by atoms with Crippen molar-refractivity contribution >= 4 is 23.8 Å². The van der Waals surface area contributed by atoms with Gasteiger partial charge >= 0.3 is 18.2 Å². The number of esters is 1. The maximum Gasteiger partial charge on any atom is 0.420 e. The molecule has 0 bridgehead atoms. The maximum absolute atomic E-state index is 13.7. The molecule has 2 atom stereocenters. The number of amides is 2. The van der Waals surface area contributed by atoms with E-state index in [1.807, 2.05) is 0 Å². The molecule has 38 heavy (non-hydrogen) atoms. The Morgan fingerprint density at radius 1 is 0.974 bits per heavy atom. The van der Waals surface area contributed by atoms with Crippen LogP contribution >= 0.6 is 0 Å². The Labute approximate surface area is 223 Å². The average Bonchev–Trinajstić information content (AvgIpc) is 2.81. The van der Waals surface area contributed by atoms with Gasteiger partial charge < -0.3 is 19.5 Å². The zero-order valence-corrected chi connectivity index (χ0v) is 22.8. The van der Waals surface area contributed by atoms with Crippen LogP contribution in [0.4, 0.5) is 19.7 Å². The number of carbonyl (C=O) groups is 3. The van der Waals surface area contributed by atoms with Crippen LogP contribution in [0.15, 0.2) is 48.5 Å². The van der Waals surface area contributed by atoms with E-state index in [2.05, 4.69) is 11.2 Å². The van der Waals surface area contributed by atoms with E-state index in [1.54, 1.807) is 65.8 Å². The first-order valence-corrected chi connectivity index (χ1v) is 12.0. The smallest absolute Gasteiger partial charge is 0.420 e. The van der Waals surface area contributed by atoms with Crippen molar-refractivity contribution < 1.29 is 33.0 Å². The average molecular weight is 527 g/mol. The lowest BCUT2D eigenvalue weighted by Gasteiger charge is -2.34. The highest BCUT2D eigenvalue weighted by atomic mass is 19.1. The molecule has 0 aliphatic carbocycles. The zero-order valence-electron chi connectivity index (χ0n) is 22.8. The van der Waals surface area contributed by atoms with Crippen molar-refractivity contribution in [2.75, 3.05) is 12.4 Å². The molecule has 0 aliphatic heterocycles. The maximum atomic E-state index is 13.7. The van der Waals surface area contributed by atoms with Gasteiger partial charge in [-0.05, 0) is 77.4 Å². The monoisotopic (exact) mass is 526 g/mol. The minimum Gasteiger partial charge on any atom is -0.467 e. The number of hydrogen-bond acceptors (Lipinski definition) is 7. The lowest BCUT2D eigenvalue weighted by Crippen LogP contribution is -2.53. The topological polar surface area (TPSA) is 94.2 Å². The standard InChI is InChI=1S/C29H35FN2O6/c1-9-19-11-10-12-22(17-19)31-23(20-13-15-21(30)16-14-20)18-24(25(33)36-8)32(26(34)37-28(2,3)4)27(35)38-29(5,6)7/h1,10-17,23-24,31H,18H2,2-8H3/t23-,24-/m0/s1. The lowest BCUT2D eigenvalue weighted by molar-refractivity contribution is -0.147. The molecule has 9 heteroatoms. The molecular formula is C29H35FN2O6. The van der Waals surface area contributed by atoms with Crippen molar-refractivity contribution in [3.8, 4) is 12.3 Å². The number of rotatable bonds is 7. The number of nitrogens with zero attached hydrogens (tertiary/aromatic N) is 1. The van der Waals surface area contributed by atoms with E-state index in [-0.39, 0.29) is 6.42 Å². The van der Waals surface area contributed by atoms with Crippen LogP contribution in [0.3, 0.4) is 0 Å². The molecule has 0 aliphatic rings. The number of anilines is 1. The van der Waals surface area contributed by atoms with E-state index < -0.39 is 47.3 Å². The molecule has 0 spiro atoms. The van der Waals surface area contributed by atoms with Crippen LogP contribution in [0.1, 0.15) is 65.1 Å². The molecule has 1 N–H and O–H groups in total. The zero-order chi connectivity index (χ0) is 28.7. The summed E-state index contributed by atoms with van der Waals surface area (Å²) >= 11 is 0. The molecule has 0 heterocycles. The summed E-state index contributed by atoms with van der Waals surface area (Å²) in [6.45, 7) is 9.79. The van der Waals surface area contributed by atoms with E-state index in [0.29, 0.717) is 21.7 Å². The third-order valence-corrected chi connectivity index (χ3v) is 5.07. The Kier molecular flexibility index (Phi) is 9.89. The van der Waals surface area contributed by atoms with Gasteiger partial charge in [-0.3, -0.25) is 0 Å². The summed E-state index contributed by atoms with van der Waals surface area (Å²) in [6, 6.07) is 10.5. The summed E-state index contributed by atoms with van der Waals surface area (Å²) in [5.41, 5.74) is -0.134. The second-order valence-electron chi connectivity index (χ2n) is 10.6. The first-order valence-electron chi connectivity index (χ1n) is 12.0. The normalized spacial score (nSPS) is 12.9. The molecule has 0 unspecified atom stereocenters. The second kappa shape index (κ2) is 12.5. The Morgan fingerprint density at radius 3 is 2.00 bits per heavy atom. The lowest BCUT2D eigenvalue weighted by atomic mass is 9.97. The number of benzene rings is 2. The molecule has 0 saturated heterocycles. The predicted molar refractivity (Wildman–Crippen MR) is 142 cm³/mol. The number of imide groups is 1. The van der Waals surface area contributed by atoms with Gasteiger partial charge in [-0.1, -0.05) is 24.1 Å². The second-order valence-corrected chi connectivity index (χ2v) is 10.6. The number of halogens is 1. The molecule has 2 rings (SSSR count). The highest BCUT2D eigenvalue weighted by Gasteiger charge is 2.42. The van der Waals surface area contributed by atoms with Crippen LogP contribution in [0.2, 0.25) is 0 Å². The first-order chi connectivity index (χ1) is 17.6. The fourth-order valence-electron chi connectivity index (χ4n) is 3.49. The molecule has 0 fully saturated rings. The number of carbonyl (C=O) groups excluding carboxylic acids is 3. The van der Waals surface area contributed by atoms with Crippen molar-refractivity contribution in [3.63, 3.8) is 0 Å². The highest BCUT2D eigenvalue weighted by molar-refractivity contribution is 5.94. The Morgan fingerprint density at radius 2 is 1.53 bits per heavy atom. The number of terminal acetylenes is 1. The summed E-state index contributed by atoms with van der Waals surface area (Å²) < 4.78 is 29.6. The van der Waals surface area contributed by atoms with Crippen molar-refractivity contribution in [1.82, 2.24) is 4.90 Å². The molecule has 2 aromatic rings.